The van der Waals surface area contributed by atoms with Crippen molar-refractivity contribution in [2.75, 3.05) is 0 Å². The molecule has 0 bridgehead atoms. The van der Waals surface area contributed by atoms with Gasteiger partial charge in [-0.1, -0.05) is 23.4 Å². The summed E-state index contributed by atoms with van der Waals surface area (Å²) in [6.07, 6.45) is 3.45. The summed E-state index contributed by atoms with van der Waals surface area (Å²) in [4.78, 5) is 10.7. The van der Waals surface area contributed by atoms with Crippen LogP contribution in [0.2, 0.25) is 0 Å². The molecule has 0 aliphatic rings. The Balaban J connectivity index is 1.81. The van der Waals surface area contributed by atoms with Gasteiger partial charge in [0.1, 0.15) is 0 Å². The Morgan fingerprint density at radius 3 is 2.80 bits per heavy atom. The number of carboxylic acids is 1. The molecule has 2 heterocycles. The van der Waals surface area contributed by atoms with Gasteiger partial charge >= 0.3 is 5.97 Å². The van der Waals surface area contributed by atoms with E-state index in [2.05, 4.69) is 30.8 Å². The predicted molar refractivity (Wildman–Crippen MR) is 76.6 cm³/mol. The molecular weight excluding hydrogens is 324 g/mol. The predicted octanol–water partition coefficient (Wildman–Crippen LogP) is 2.39. The molecule has 0 atom stereocenters. The lowest BCUT2D eigenvalue weighted by atomic mass is 10.2. The second-order valence-corrected chi connectivity index (χ2v) is 5.21. The number of carboxylic acid groups (broad SMARTS) is 1. The summed E-state index contributed by atoms with van der Waals surface area (Å²) in [5.74, 6) is -1.06. The van der Waals surface area contributed by atoms with Crippen molar-refractivity contribution in [1.82, 2.24) is 19.6 Å². The van der Waals surface area contributed by atoms with Crippen molar-refractivity contribution in [2.45, 2.75) is 13.1 Å². The Hall–Kier alpha value is -2.15. The van der Waals surface area contributed by atoms with E-state index in [-0.39, 0.29) is 5.69 Å². The van der Waals surface area contributed by atoms with Crippen LogP contribution in [0, 0.1) is 0 Å². The molecule has 3 rings (SSSR count). The Bertz CT molecular complexity index is 778. The molecule has 0 unspecified atom stereocenters. The second-order valence-electron chi connectivity index (χ2n) is 4.36. The number of benzene rings is 1. The van der Waals surface area contributed by atoms with E-state index in [1.165, 1.54) is 10.9 Å². The summed E-state index contributed by atoms with van der Waals surface area (Å²) in [6, 6.07) is 8.08. The van der Waals surface area contributed by atoms with Crippen molar-refractivity contribution in [1.29, 1.82) is 0 Å². The molecule has 0 saturated heterocycles. The van der Waals surface area contributed by atoms with Gasteiger partial charge in [-0.2, -0.15) is 0 Å². The molecule has 0 aliphatic carbocycles. The first-order chi connectivity index (χ1) is 9.65. The zero-order valence-electron chi connectivity index (χ0n) is 10.4. The second kappa shape index (κ2) is 5.09. The number of nitrogens with zero attached hydrogens (tertiary/aromatic N) is 4. The number of fused-ring (bicyclic) bond motifs is 1. The van der Waals surface area contributed by atoms with Gasteiger partial charge in [0, 0.05) is 28.1 Å². The fourth-order valence-corrected chi connectivity index (χ4v) is 2.69. The van der Waals surface area contributed by atoms with Crippen LogP contribution in [0.25, 0.3) is 10.9 Å². The van der Waals surface area contributed by atoms with Gasteiger partial charge in [-0.15, -0.1) is 5.10 Å². The SMILES string of the molecule is O=C(O)c1cn(CCn2cc(Br)c3ccccc32)nn1. The van der Waals surface area contributed by atoms with Crippen LogP contribution >= 0.6 is 15.9 Å². The number of aryl methyl sites for hydroxylation is 2. The molecule has 3 aromatic rings. The number of rotatable bonds is 4. The molecule has 1 N–H and O–H groups in total. The highest BCUT2D eigenvalue weighted by molar-refractivity contribution is 9.10. The largest absolute Gasteiger partial charge is 0.476 e. The molecule has 20 heavy (non-hydrogen) atoms. The zero-order valence-corrected chi connectivity index (χ0v) is 12.0. The van der Waals surface area contributed by atoms with Crippen LogP contribution in [0.3, 0.4) is 0 Å². The number of halogens is 1. The van der Waals surface area contributed by atoms with Crippen LogP contribution in [0.4, 0.5) is 0 Å². The van der Waals surface area contributed by atoms with Gasteiger partial charge in [-0.3, -0.25) is 0 Å². The summed E-state index contributed by atoms with van der Waals surface area (Å²) in [5.41, 5.74) is 1.08. The van der Waals surface area contributed by atoms with E-state index < -0.39 is 5.97 Å². The van der Waals surface area contributed by atoms with Crippen LogP contribution in [-0.4, -0.2) is 30.6 Å². The third-order valence-corrected chi connectivity index (χ3v) is 3.70. The summed E-state index contributed by atoms with van der Waals surface area (Å²) in [5, 5.41) is 17.3. The standard InChI is InChI=1S/C13H11BrN4O2/c14-10-7-17(12-4-2-1-3-9(10)12)5-6-18-8-11(13(19)20)15-16-18/h1-4,7-8H,5-6H2,(H,19,20). The number of para-hydroxylation sites is 1. The lowest BCUT2D eigenvalue weighted by molar-refractivity contribution is 0.0690. The number of aromatic carboxylic acids is 1. The number of hydrogen-bond acceptors (Lipinski definition) is 3. The molecule has 102 valence electrons. The van der Waals surface area contributed by atoms with E-state index in [1.54, 1.807) is 0 Å². The molecule has 2 aromatic heterocycles. The minimum Gasteiger partial charge on any atom is -0.476 e. The van der Waals surface area contributed by atoms with E-state index >= 15 is 0 Å². The molecule has 1 aromatic carbocycles. The van der Waals surface area contributed by atoms with E-state index in [0.29, 0.717) is 13.1 Å². The van der Waals surface area contributed by atoms with Crippen molar-refractivity contribution >= 4 is 32.8 Å². The smallest absolute Gasteiger partial charge is 0.358 e. The Morgan fingerprint density at radius 2 is 2.05 bits per heavy atom. The van der Waals surface area contributed by atoms with Crippen LogP contribution in [0.15, 0.2) is 41.1 Å². The zero-order chi connectivity index (χ0) is 14.1. The summed E-state index contributed by atoms with van der Waals surface area (Å²) in [7, 11) is 0. The first-order valence-corrected chi connectivity index (χ1v) is 6.81. The summed E-state index contributed by atoms with van der Waals surface area (Å²) < 4.78 is 4.67. The Labute approximate surface area is 122 Å². The van der Waals surface area contributed by atoms with E-state index in [4.69, 9.17) is 5.11 Å². The molecular formula is C13H11BrN4O2. The normalized spacial score (nSPS) is 11.1. The maximum absolute atomic E-state index is 10.7. The fraction of sp³-hybridized carbons (Fsp3) is 0.154. The Morgan fingerprint density at radius 1 is 1.25 bits per heavy atom. The van der Waals surface area contributed by atoms with Crippen molar-refractivity contribution in [3.8, 4) is 0 Å². The van der Waals surface area contributed by atoms with Gasteiger partial charge in [0.05, 0.1) is 12.7 Å². The molecule has 0 fully saturated rings. The quantitative estimate of drug-likeness (QED) is 0.795. The minimum atomic E-state index is -1.06. The lowest BCUT2D eigenvalue weighted by Gasteiger charge is -2.04. The minimum absolute atomic E-state index is 0.0384. The van der Waals surface area contributed by atoms with Crippen LogP contribution in [0.5, 0.6) is 0 Å². The van der Waals surface area contributed by atoms with Crippen LogP contribution in [-0.2, 0) is 13.1 Å². The molecule has 0 spiro atoms. The van der Waals surface area contributed by atoms with Gasteiger partial charge < -0.3 is 9.67 Å². The molecule has 6 nitrogen and oxygen atoms in total. The van der Waals surface area contributed by atoms with Crippen molar-refractivity contribution in [2.24, 2.45) is 0 Å². The van der Waals surface area contributed by atoms with Gasteiger partial charge in [0.2, 0.25) is 0 Å². The lowest BCUT2D eigenvalue weighted by Crippen LogP contribution is -2.07. The van der Waals surface area contributed by atoms with Crippen molar-refractivity contribution in [3.05, 3.63) is 46.8 Å². The first kappa shape index (κ1) is 12.9. The third-order valence-electron chi connectivity index (χ3n) is 3.07. The topological polar surface area (TPSA) is 72.9 Å². The van der Waals surface area contributed by atoms with Crippen molar-refractivity contribution in [3.63, 3.8) is 0 Å². The highest BCUT2D eigenvalue weighted by Crippen LogP contribution is 2.25. The van der Waals surface area contributed by atoms with E-state index in [1.807, 2.05) is 30.5 Å². The average molecular weight is 335 g/mol. The number of aromatic nitrogens is 4. The van der Waals surface area contributed by atoms with Crippen LogP contribution < -0.4 is 0 Å². The highest BCUT2D eigenvalue weighted by Gasteiger charge is 2.09. The number of carbonyl (C=O) groups is 1. The molecule has 0 amide bonds. The number of hydrogen-bond donors (Lipinski definition) is 1. The van der Waals surface area contributed by atoms with E-state index in [0.717, 1.165) is 15.4 Å². The van der Waals surface area contributed by atoms with Gasteiger partial charge in [0.25, 0.3) is 0 Å². The summed E-state index contributed by atoms with van der Waals surface area (Å²) >= 11 is 3.53. The summed E-state index contributed by atoms with van der Waals surface area (Å²) in [6.45, 7) is 1.25. The van der Waals surface area contributed by atoms with Crippen molar-refractivity contribution < 1.29 is 9.90 Å². The fourth-order valence-electron chi connectivity index (χ4n) is 2.10. The average Bonchev–Trinajstić information content (AvgIpc) is 3.03. The monoisotopic (exact) mass is 334 g/mol. The third kappa shape index (κ3) is 2.32. The van der Waals surface area contributed by atoms with Gasteiger partial charge in [-0.05, 0) is 22.0 Å². The van der Waals surface area contributed by atoms with Gasteiger partial charge in [-0.25, -0.2) is 9.48 Å². The van der Waals surface area contributed by atoms with Crippen LogP contribution in [0.1, 0.15) is 10.5 Å². The first-order valence-electron chi connectivity index (χ1n) is 6.02. The molecule has 0 aliphatic heterocycles. The molecule has 7 heteroatoms. The maximum atomic E-state index is 10.7. The molecule has 0 radical (unpaired) electrons. The maximum Gasteiger partial charge on any atom is 0.358 e. The Kier molecular flexibility index (Phi) is 3.27. The highest BCUT2D eigenvalue weighted by atomic mass is 79.9. The van der Waals surface area contributed by atoms with Gasteiger partial charge in [0.15, 0.2) is 5.69 Å². The molecule has 0 saturated carbocycles. The van der Waals surface area contributed by atoms with E-state index in [9.17, 15) is 4.79 Å².